The van der Waals surface area contributed by atoms with Gasteiger partial charge in [-0.05, 0) is 32.8 Å². The second-order valence-electron chi connectivity index (χ2n) is 4.97. The second-order valence-corrected chi connectivity index (χ2v) is 4.97. The summed E-state index contributed by atoms with van der Waals surface area (Å²) in [5, 5.41) is 6.86. The maximum Gasteiger partial charge on any atom is 0.389 e. The van der Waals surface area contributed by atoms with E-state index in [0.717, 1.165) is 17.0 Å². The first-order valence-electron chi connectivity index (χ1n) is 6.89. The van der Waals surface area contributed by atoms with Crippen LogP contribution in [0.2, 0.25) is 0 Å². The van der Waals surface area contributed by atoms with Gasteiger partial charge in [-0.15, -0.1) is 0 Å². The van der Waals surface area contributed by atoms with Crippen LogP contribution >= 0.6 is 0 Å². The zero-order chi connectivity index (χ0) is 16.2. The Morgan fingerprint density at radius 2 is 2.00 bits per heavy atom. The Kier molecular flexibility index (Phi) is 4.99. The van der Waals surface area contributed by atoms with Gasteiger partial charge in [-0.1, -0.05) is 5.16 Å². The van der Waals surface area contributed by atoms with Crippen LogP contribution < -0.4 is 5.32 Å². The van der Waals surface area contributed by atoms with E-state index >= 15 is 0 Å². The zero-order valence-electron chi connectivity index (χ0n) is 12.4. The number of aryl methyl sites for hydroxylation is 3. The van der Waals surface area contributed by atoms with E-state index in [0.29, 0.717) is 24.6 Å². The maximum atomic E-state index is 12.2. The van der Waals surface area contributed by atoms with Gasteiger partial charge in [0.25, 0.3) is 0 Å². The van der Waals surface area contributed by atoms with Crippen LogP contribution in [0, 0.1) is 13.8 Å². The first-order valence-corrected chi connectivity index (χ1v) is 6.89. The summed E-state index contributed by atoms with van der Waals surface area (Å²) in [7, 11) is 0. The van der Waals surface area contributed by atoms with Crippen LogP contribution in [0.3, 0.4) is 0 Å². The Labute approximate surface area is 125 Å². The Morgan fingerprint density at radius 3 is 2.64 bits per heavy atom. The highest BCUT2D eigenvalue weighted by atomic mass is 19.4. The van der Waals surface area contributed by atoms with E-state index in [1.807, 2.05) is 13.8 Å². The average molecular weight is 314 g/mol. The van der Waals surface area contributed by atoms with Crippen molar-refractivity contribution >= 4 is 5.95 Å². The molecule has 0 saturated heterocycles. The molecule has 0 fully saturated rings. The predicted molar refractivity (Wildman–Crippen MR) is 74.6 cm³/mol. The highest BCUT2D eigenvalue weighted by Gasteiger charge is 2.26. The Morgan fingerprint density at radius 1 is 1.23 bits per heavy atom. The largest absolute Gasteiger partial charge is 0.389 e. The van der Waals surface area contributed by atoms with E-state index in [-0.39, 0.29) is 6.42 Å². The van der Waals surface area contributed by atoms with Crippen molar-refractivity contribution in [1.82, 2.24) is 15.1 Å². The van der Waals surface area contributed by atoms with Gasteiger partial charge in [0, 0.05) is 30.4 Å². The third kappa shape index (κ3) is 4.71. The number of nitrogens with zero attached hydrogens (tertiary/aromatic N) is 3. The van der Waals surface area contributed by atoms with E-state index in [1.165, 1.54) is 12.3 Å². The molecule has 8 heteroatoms. The van der Waals surface area contributed by atoms with Gasteiger partial charge in [-0.25, -0.2) is 9.97 Å². The standard InChI is InChI=1S/C14H17F3N4O/c1-9-12(10(2)22-21-9)5-8-19-13-18-7-4-11(20-13)3-6-14(15,16)17/h4,7H,3,5-6,8H2,1-2H3,(H,18,19,20). The molecule has 5 nitrogen and oxygen atoms in total. The third-order valence-corrected chi connectivity index (χ3v) is 3.22. The fourth-order valence-electron chi connectivity index (χ4n) is 2.05. The molecule has 0 atom stereocenters. The van der Waals surface area contributed by atoms with E-state index in [4.69, 9.17) is 4.52 Å². The topological polar surface area (TPSA) is 63.8 Å². The molecule has 0 bridgehead atoms. The number of nitrogens with one attached hydrogen (secondary N) is 1. The minimum atomic E-state index is -4.18. The van der Waals surface area contributed by atoms with Gasteiger partial charge in [-0.2, -0.15) is 13.2 Å². The number of alkyl halides is 3. The summed E-state index contributed by atoms with van der Waals surface area (Å²) in [4.78, 5) is 8.08. The van der Waals surface area contributed by atoms with Crippen molar-refractivity contribution in [3.63, 3.8) is 0 Å². The van der Waals surface area contributed by atoms with Gasteiger partial charge < -0.3 is 9.84 Å². The van der Waals surface area contributed by atoms with Crippen molar-refractivity contribution in [3.8, 4) is 0 Å². The monoisotopic (exact) mass is 314 g/mol. The fourth-order valence-corrected chi connectivity index (χ4v) is 2.05. The number of hydrogen-bond donors (Lipinski definition) is 1. The number of hydrogen-bond acceptors (Lipinski definition) is 5. The van der Waals surface area contributed by atoms with Gasteiger partial charge in [0.05, 0.1) is 5.69 Å². The summed E-state index contributed by atoms with van der Waals surface area (Å²) in [6.45, 7) is 4.25. The summed E-state index contributed by atoms with van der Waals surface area (Å²) in [6, 6.07) is 1.49. The number of rotatable bonds is 6. The van der Waals surface area contributed by atoms with E-state index in [2.05, 4.69) is 20.4 Å². The van der Waals surface area contributed by atoms with Crippen LogP contribution in [-0.4, -0.2) is 27.8 Å². The molecule has 0 aliphatic heterocycles. The molecule has 22 heavy (non-hydrogen) atoms. The smallest absolute Gasteiger partial charge is 0.361 e. The molecule has 120 valence electrons. The molecule has 2 aromatic heterocycles. The van der Waals surface area contributed by atoms with E-state index in [9.17, 15) is 13.2 Å². The number of halogens is 3. The van der Waals surface area contributed by atoms with Crippen molar-refractivity contribution < 1.29 is 17.7 Å². The van der Waals surface area contributed by atoms with Gasteiger partial charge in [0.2, 0.25) is 5.95 Å². The quantitative estimate of drug-likeness (QED) is 0.887. The molecular weight excluding hydrogens is 297 g/mol. The second kappa shape index (κ2) is 6.76. The highest BCUT2D eigenvalue weighted by Crippen LogP contribution is 2.21. The Bertz CT molecular complexity index is 605. The van der Waals surface area contributed by atoms with Crippen LogP contribution in [0.25, 0.3) is 0 Å². The lowest BCUT2D eigenvalue weighted by molar-refractivity contribution is -0.134. The van der Waals surface area contributed by atoms with Crippen LogP contribution in [0.5, 0.6) is 0 Å². The highest BCUT2D eigenvalue weighted by molar-refractivity contribution is 5.27. The van der Waals surface area contributed by atoms with E-state index in [1.54, 1.807) is 0 Å². The molecule has 2 rings (SSSR count). The summed E-state index contributed by atoms with van der Waals surface area (Å²) in [5.41, 5.74) is 2.21. The molecule has 0 spiro atoms. The van der Waals surface area contributed by atoms with Gasteiger partial charge in [0.15, 0.2) is 0 Å². The molecule has 0 saturated carbocycles. The van der Waals surface area contributed by atoms with Crippen molar-refractivity contribution in [2.75, 3.05) is 11.9 Å². The van der Waals surface area contributed by atoms with Gasteiger partial charge in [0.1, 0.15) is 5.76 Å². The molecular formula is C14H17F3N4O. The lowest BCUT2D eigenvalue weighted by Gasteiger charge is -2.08. The van der Waals surface area contributed by atoms with Crippen LogP contribution in [-0.2, 0) is 12.8 Å². The van der Waals surface area contributed by atoms with Crippen LogP contribution in [0.15, 0.2) is 16.8 Å². The maximum absolute atomic E-state index is 12.2. The molecule has 0 radical (unpaired) electrons. The van der Waals surface area contributed by atoms with E-state index < -0.39 is 12.6 Å². The average Bonchev–Trinajstić information content (AvgIpc) is 2.77. The first-order chi connectivity index (χ1) is 10.3. The summed E-state index contributed by atoms with van der Waals surface area (Å²) >= 11 is 0. The molecule has 1 N–H and O–H groups in total. The van der Waals surface area contributed by atoms with Crippen molar-refractivity contribution in [1.29, 1.82) is 0 Å². The summed E-state index contributed by atoms with van der Waals surface area (Å²) in [6.07, 6.45) is -3.08. The minimum Gasteiger partial charge on any atom is -0.361 e. The molecule has 0 unspecified atom stereocenters. The molecule has 0 aliphatic rings. The SMILES string of the molecule is Cc1noc(C)c1CCNc1nccc(CCC(F)(F)F)n1. The Balaban J connectivity index is 1.88. The van der Waals surface area contributed by atoms with Gasteiger partial charge in [-0.3, -0.25) is 0 Å². The lowest BCUT2D eigenvalue weighted by Crippen LogP contribution is -2.12. The lowest BCUT2D eigenvalue weighted by atomic mass is 10.1. The zero-order valence-corrected chi connectivity index (χ0v) is 12.4. The molecule has 2 aromatic rings. The molecule has 0 aliphatic carbocycles. The van der Waals surface area contributed by atoms with Crippen molar-refractivity contribution in [2.24, 2.45) is 0 Å². The minimum absolute atomic E-state index is 0.148. The fraction of sp³-hybridized carbons (Fsp3) is 0.500. The predicted octanol–water partition coefficient (Wildman–Crippen LogP) is 3.23. The summed E-state index contributed by atoms with van der Waals surface area (Å²) < 4.78 is 41.7. The number of anilines is 1. The normalized spacial score (nSPS) is 11.7. The van der Waals surface area contributed by atoms with Crippen molar-refractivity contribution in [3.05, 3.63) is 35.0 Å². The van der Waals surface area contributed by atoms with Gasteiger partial charge >= 0.3 is 6.18 Å². The third-order valence-electron chi connectivity index (χ3n) is 3.22. The van der Waals surface area contributed by atoms with Crippen LogP contribution in [0.1, 0.15) is 29.1 Å². The Hall–Kier alpha value is -2.12. The summed E-state index contributed by atoms with van der Waals surface area (Å²) in [5.74, 6) is 1.09. The first kappa shape index (κ1) is 16.3. The molecule has 2 heterocycles. The number of aromatic nitrogens is 3. The van der Waals surface area contributed by atoms with Crippen LogP contribution in [0.4, 0.5) is 19.1 Å². The molecule has 0 aromatic carbocycles. The van der Waals surface area contributed by atoms with Crippen molar-refractivity contribution in [2.45, 2.75) is 39.3 Å². The molecule has 0 amide bonds.